The highest BCUT2D eigenvalue weighted by molar-refractivity contribution is 5.81. The first kappa shape index (κ1) is 14.8. The molecule has 0 aliphatic carbocycles. The van der Waals surface area contributed by atoms with Crippen LogP contribution >= 0.6 is 0 Å². The average molecular weight is 250 g/mol. The van der Waals surface area contributed by atoms with Gasteiger partial charge >= 0.3 is 5.97 Å². The molecule has 0 amide bonds. The van der Waals surface area contributed by atoms with Crippen molar-refractivity contribution in [2.75, 3.05) is 0 Å². The molecular weight excluding hydrogens is 242 g/mol. The normalized spacial score (nSPS) is 18.7. The first-order valence-electron chi connectivity index (χ1n) is 3.98. The van der Waals surface area contributed by atoms with Crippen molar-refractivity contribution in [2.24, 2.45) is 0 Å². The van der Waals surface area contributed by atoms with Gasteiger partial charge in [0.05, 0.1) is 0 Å². The second-order valence-electron chi connectivity index (χ2n) is 2.66. The molecule has 0 fully saturated rings. The second-order valence-corrected chi connectivity index (χ2v) is 2.66. The van der Waals surface area contributed by atoms with E-state index in [9.17, 15) is 31.1 Å². The molecule has 0 rings (SSSR count). The van der Waals surface area contributed by atoms with Crippen LogP contribution in [0.5, 0.6) is 0 Å². The fourth-order valence-corrected chi connectivity index (χ4v) is 0.683. The summed E-state index contributed by atoms with van der Waals surface area (Å²) in [5.74, 6) is -1.42. The number of carbonyl (C=O) groups excluding carboxylic acids is 1. The zero-order valence-corrected chi connectivity index (χ0v) is 7.76. The molecule has 0 aromatic carbocycles. The zero-order valence-electron chi connectivity index (χ0n) is 7.76. The van der Waals surface area contributed by atoms with Crippen LogP contribution in [0.1, 0.15) is 0 Å². The molecule has 8 heteroatoms. The lowest BCUT2D eigenvalue weighted by atomic mass is 10.1. The highest BCUT2D eigenvalue weighted by Gasteiger charge is 2.42. The Bertz CT molecular complexity index is 247. The van der Waals surface area contributed by atoms with Crippen molar-refractivity contribution < 1.29 is 35.9 Å². The van der Waals surface area contributed by atoms with Crippen molar-refractivity contribution in [2.45, 2.75) is 31.3 Å². The van der Waals surface area contributed by atoms with Gasteiger partial charge < -0.3 is 4.74 Å². The van der Waals surface area contributed by atoms with Gasteiger partial charge in [-0.2, -0.15) is 4.39 Å². The second kappa shape index (κ2) is 6.39. The van der Waals surface area contributed by atoms with E-state index < -0.39 is 37.3 Å². The van der Waals surface area contributed by atoms with Gasteiger partial charge in [0.25, 0.3) is 12.8 Å². The fourth-order valence-electron chi connectivity index (χ4n) is 0.683. The molecule has 0 aliphatic rings. The summed E-state index contributed by atoms with van der Waals surface area (Å²) in [4.78, 5) is 10.3. The summed E-state index contributed by atoms with van der Waals surface area (Å²) in [6, 6.07) is 0. The van der Waals surface area contributed by atoms with Gasteiger partial charge in [0, 0.05) is 6.08 Å². The molecule has 0 aliphatic heterocycles. The van der Waals surface area contributed by atoms with E-state index in [-0.39, 0.29) is 0 Å². The van der Waals surface area contributed by atoms with Crippen molar-refractivity contribution in [3.05, 3.63) is 12.7 Å². The highest BCUT2D eigenvalue weighted by atomic mass is 19.3. The van der Waals surface area contributed by atoms with Crippen LogP contribution in [0.15, 0.2) is 12.7 Å². The number of esters is 1. The Hall–Kier alpha value is -1.21. The number of carbonyl (C=O) groups is 1. The van der Waals surface area contributed by atoms with Gasteiger partial charge in [-0.3, -0.25) is 0 Å². The highest BCUT2D eigenvalue weighted by Crippen LogP contribution is 2.22. The van der Waals surface area contributed by atoms with Crippen molar-refractivity contribution in [3.8, 4) is 0 Å². The molecule has 2 nitrogen and oxygen atoms in total. The predicted octanol–water partition coefficient (Wildman–Crippen LogP) is 2.29. The maximum atomic E-state index is 12.7. The topological polar surface area (TPSA) is 26.3 Å². The summed E-state index contributed by atoms with van der Waals surface area (Å²) in [6.07, 6.45) is -16.8. The molecule has 0 radical (unpaired) electrons. The average Bonchev–Trinajstić information content (AvgIpc) is 2.25. The monoisotopic (exact) mass is 250 g/mol. The third-order valence-electron chi connectivity index (χ3n) is 1.49. The molecule has 0 saturated heterocycles. The number of halogens is 6. The van der Waals surface area contributed by atoms with Crippen LogP contribution in [0, 0.1) is 0 Å². The Morgan fingerprint density at radius 2 is 1.50 bits per heavy atom. The molecule has 4 unspecified atom stereocenters. The molecule has 0 bridgehead atoms. The molecule has 94 valence electrons. The molecule has 0 aromatic heterocycles. The Morgan fingerprint density at radius 1 is 1.00 bits per heavy atom. The van der Waals surface area contributed by atoms with E-state index in [4.69, 9.17) is 0 Å². The van der Waals surface area contributed by atoms with Crippen molar-refractivity contribution in [1.29, 1.82) is 0 Å². The number of alkyl halides is 6. The SMILES string of the molecule is C=CC(=O)OC(F)C(F)C(F)C(F)C(F)F. The van der Waals surface area contributed by atoms with Crippen molar-refractivity contribution in [1.82, 2.24) is 0 Å². The quantitative estimate of drug-likeness (QED) is 0.410. The predicted molar refractivity (Wildman–Crippen MR) is 41.9 cm³/mol. The number of hydrogen-bond acceptors (Lipinski definition) is 2. The molecule has 0 spiro atoms. The van der Waals surface area contributed by atoms with Crippen molar-refractivity contribution in [3.63, 3.8) is 0 Å². The summed E-state index contributed by atoms with van der Waals surface area (Å²) in [5.41, 5.74) is 0. The largest absolute Gasteiger partial charge is 0.425 e. The van der Waals surface area contributed by atoms with E-state index in [2.05, 4.69) is 11.3 Å². The van der Waals surface area contributed by atoms with Gasteiger partial charge in [-0.1, -0.05) is 6.58 Å². The summed E-state index contributed by atoms with van der Waals surface area (Å²) < 4.78 is 76.8. The van der Waals surface area contributed by atoms with Crippen molar-refractivity contribution >= 4 is 5.97 Å². The lowest BCUT2D eigenvalue weighted by Gasteiger charge is -2.19. The van der Waals surface area contributed by atoms with Crippen LogP contribution in [0.3, 0.4) is 0 Å². The van der Waals surface area contributed by atoms with E-state index in [1.54, 1.807) is 0 Å². The minimum absolute atomic E-state index is 0.451. The third kappa shape index (κ3) is 4.11. The molecule has 4 atom stereocenters. The first-order chi connectivity index (χ1) is 7.31. The van der Waals surface area contributed by atoms with E-state index in [0.717, 1.165) is 0 Å². The number of rotatable bonds is 6. The van der Waals surface area contributed by atoms with Gasteiger partial charge in [-0.15, -0.1) is 0 Å². The van der Waals surface area contributed by atoms with E-state index in [1.165, 1.54) is 0 Å². The van der Waals surface area contributed by atoms with Crippen LogP contribution in [0.4, 0.5) is 26.3 Å². The molecule has 0 heterocycles. The molecule has 16 heavy (non-hydrogen) atoms. The van der Waals surface area contributed by atoms with Gasteiger partial charge in [0.15, 0.2) is 12.3 Å². The lowest BCUT2D eigenvalue weighted by Crippen LogP contribution is -2.40. The van der Waals surface area contributed by atoms with Crippen LogP contribution < -0.4 is 0 Å². The standard InChI is InChI=1S/C8H8F6O2/c1-2-3(15)16-8(14)6(11)4(9)5(10)7(12)13/h2,4-8H,1H2. The van der Waals surface area contributed by atoms with Crippen LogP contribution in [0.25, 0.3) is 0 Å². The molecule has 0 N–H and O–H groups in total. The minimum atomic E-state index is -3.80. The number of ether oxygens (including phenoxy) is 1. The number of hydrogen-bond donors (Lipinski definition) is 0. The van der Waals surface area contributed by atoms with E-state index in [0.29, 0.717) is 6.08 Å². The van der Waals surface area contributed by atoms with Gasteiger partial charge in [-0.25, -0.2) is 26.7 Å². The van der Waals surface area contributed by atoms with Gasteiger partial charge in [0.2, 0.25) is 6.17 Å². The fraction of sp³-hybridized carbons (Fsp3) is 0.625. The molecule has 0 saturated carbocycles. The lowest BCUT2D eigenvalue weighted by molar-refractivity contribution is -0.165. The van der Waals surface area contributed by atoms with Crippen LogP contribution in [0.2, 0.25) is 0 Å². The van der Waals surface area contributed by atoms with Crippen LogP contribution in [-0.2, 0) is 9.53 Å². The molecular formula is C8H8F6O2. The van der Waals surface area contributed by atoms with Crippen LogP contribution in [-0.4, -0.2) is 37.3 Å². The third-order valence-corrected chi connectivity index (χ3v) is 1.49. The maximum Gasteiger partial charge on any atom is 0.332 e. The Labute approximate surface area is 86.9 Å². The minimum Gasteiger partial charge on any atom is -0.425 e. The summed E-state index contributed by atoms with van der Waals surface area (Å²) in [5, 5.41) is 0. The zero-order chi connectivity index (χ0) is 12.9. The Kier molecular flexibility index (Phi) is 5.91. The Balaban J connectivity index is 4.36. The summed E-state index contributed by atoms with van der Waals surface area (Å²) in [7, 11) is 0. The first-order valence-corrected chi connectivity index (χ1v) is 3.98. The summed E-state index contributed by atoms with van der Waals surface area (Å²) >= 11 is 0. The summed E-state index contributed by atoms with van der Waals surface area (Å²) in [6.45, 7) is 2.83. The van der Waals surface area contributed by atoms with E-state index >= 15 is 0 Å². The molecule has 0 aromatic rings. The maximum absolute atomic E-state index is 12.7. The van der Waals surface area contributed by atoms with Gasteiger partial charge in [-0.05, 0) is 0 Å². The van der Waals surface area contributed by atoms with E-state index in [1.807, 2.05) is 0 Å². The van der Waals surface area contributed by atoms with Gasteiger partial charge in [0.1, 0.15) is 0 Å². The Morgan fingerprint density at radius 3 is 1.88 bits per heavy atom. The smallest absolute Gasteiger partial charge is 0.332 e.